The van der Waals surface area contributed by atoms with Gasteiger partial charge in [-0.25, -0.2) is 4.79 Å². The average molecular weight is 401 g/mol. The summed E-state index contributed by atoms with van der Waals surface area (Å²) in [4.78, 5) is 11.8. The van der Waals surface area contributed by atoms with E-state index in [1.54, 1.807) is 6.92 Å². The average Bonchev–Trinajstić information content (AvgIpc) is 2.78. The first-order valence-electron chi connectivity index (χ1n) is 10.3. The Kier molecular flexibility index (Phi) is 7.21. The lowest BCUT2D eigenvalue weighted by atomic mass is 9.92. The summed E-state index contributed by atoms with van der Waals surface area (Å²) in [6.07, 6.45) is 1.58. The molecule has 0 saturated carbocycles. The van der Waals surface area contributed by atoms with E-state index in [0.717, 1.165) is 28.7 Å². The van der Waals surface area contributed by atoms with E-state index in [9.17, 15) is 4.79 Å². The Morgan fingerprint density at radius 2 is 1.60 bits per heavy atom. The van der Waals surface area contributed by atoms with Gasteiger partial charge in [-0.1, -0.05) is 80.2 Å². The Hall–Kier alpha value is -3.17. The van der Waals surface area contributed by atoms with E-state index in [4.69, 9.17) is 9.84 Å². The summed E-state index contributed by atoms with van der Waals surface area (Å²) in [5.41, 5.74) is 8.31. The molecule has 3 aromatic carbocycles. The van der Waals surface area contributed by atoms with E-state index < -0.39 is 0 Å². The van der Waals surface area contributed by atoms with Crippen molar-refractivity contribution in [3.05, 3.63) is 95.6 Å². The van der Waals surface area contributed by atoms with Crippen molar-refractivity contribution in [3.63, 3.8) is 0 Å². The Morgan fingerprint density at radius 1 is 0.933 bits per heavy atom. The molecule has 0 aliphatic heterocycles. The van der Waals surface area contributed by atoms with Gasteiger partial charge >= 0.3 is 5.97 Å². The quantitative estimate of drug-likeness (QED) is 0.388. The second-order valence-electron chi connectivity index (χ2n) is 7.41. The van der Waals surface area contributed by atoms with Gasteiger partial charge in [0.25, 0.3) is 0 Å². The number of carbonyl (C=O) groups is 1. The predicted octanol–water partition coefficient (Wildman–Crippen LogP) is 5.74. The third-order valence-electron chi connectivity index (χ3n) is 5.19. The van der Waals surface area contributed by atoms with Gasteiger partial charge in [0.2, 0.25) is 0 Å². The van der Waals surface area contributed by atoms with Crippen LogP contribution >= 0.6 is 0 Å². The molecular formula is C27H28O3. The van der Waals surface area contributed by atoms with Crippen LogP contribution in [0.1, 0.15) is 30.5 Å². The largest absolute Gasteiger partial charge is 0.457 e. The standard InChI is InChI=1S/C27H28O3/c1-4-21-17-23(13-14-26(21)22-11-9-20(10-12-22)15-16-28)25-8-6-5-7-24(25)18-30-27(29)19(2)3/h5-14,17,28H,2,4,15-16,18H2,1,3H3. The molecule has 0 radical (unpaired) electrons. The van der Waals surface area contributed by atoms with Crippen LogP contribution in [0, 0.1) is 0 Å². The van der Waals surface area contributed by atoms with Crippen molar-refractivity contribution in [2.45, 2.75) is 33.3 Å². The fourth-order valence-electron chi connectivity index (χ4n) is 3.51. The molecule has 0 spiro atoms. The maximum atomic E-state index is 11.8. The highest BCUT2D eigenvalue weighted by atomic mass is 16.5. The molecule has 3 aromatic rings. The fraction of sp³-hybridized carbons (Fsp3) is 0.222. The third-order valence-corrected chi connectivity index (χ3v) is 5.19. The van der Waals surface area contributed by atoms with E-state index in [1.807, 2.05) is 18.2 Å². The van der Waals surface area contributed by atoms with Crippen LogP contribution in [0.4, 0.5) is 0 Å². The molecule has 0 fully saturated rings. The molecule has 3 rings (SSSR count). The zero-order valence-electron chi connectivity index (χ0n) is 17.7. The summed E-state index contributed by atoms with van der Waals surface area (Å²) >= 11 is 0. The monoisotopic (exact) mass is 400 g/mol. The molecule has 0 heterocycles. The third kappa shape index (κ3) is 5.05. The van der Waals surface area contributed by atoms with Gasteiger partial charge in [-0.3, -0.25) is 0 Å². The van der Waals surface area contributed by atoms with E-state index in [1.165, 1.54) is 16.7 Å². The summed E-state index contributed by atoms with van der Waals surface area (Å²) in [6, 6.07) is 22.9. The van der Waals surface area contributed by atoms with Gasteiger partial charge in [0.1, 0.15) is 6.61 Å². The van der Waals surface area contributed by atoms with E-state index in [0.29, 0.717) is 12.0 Å². The molecule has 3 heteroatoms. The van der Waals surface area contributed by atoms with Crippen molar-refractivity contribution in [3.8, 4) is 22.3 Å². The molecule has 30 heavy (non-hydrogen) atoms. The normalized spacial score (nSPS) is 10.6. The zero-order chi connectivity index (χ0) is 21.5. The lowest BCUT2D eigenvalue weighted by molar-refractivity contribution is -0.140. The highest BCUT2D eigenvalue weighted by Gasteiger charge is 2.11. The van der Waals surface area contributed by atoms with Crippen LogP contribution in [-0.2, 0) is 29.0 Å². The van der Waals surface area contributed by atoms with Crippen LogP contribution in [-0.4, -0.2) is 17.7 Å². The molecule has 0 amide bonds. The lowest BCUT2D eigenvalue weighted by Crippen LogP contribution is -2.05. The van der Waals surface area contributed by atoms with Crippen LogP contribution in [0.2, 0.25) is 0 Å². The van der Waals surface area contributed by atoms with Crippen molar-refractivity contribution in [2.75, 3.05) is 6.61 Å². The lowest BCUT2D eigenvalue weighted by Gasteiger charge is -2.14. The molecule has 0 saturated heterocycles. The van der Waals surface area contributed by atoms with Gasteiger partial charge < -0.3 is 9.84 Å². The van der Waals surface area contributed by atoms with Crippen LogP contribution in [0.3, 0.4) is 0 Å². The summed E-state index contributed by atoms with van der Waals surface area (Å²) < 4.78 is 5.38. The SMILES string of the molecule is C=C(C)C(=O)OCc1ccccc1-c1ccc(-c2ccc(CCO)cc2)c(CC)c1. The van der Waals surface area contributed by atoms with E-state index >= 15 is 0 Å². The number of ether oxygens (including phenoxy) is 1. The first-order chi connectivity index (χ1) is 14.5. The highest BCUT2D eigenvalue weighted by Crippen LogP contribution is 2.31. The topological polar surface area (TPSA) is 46.5 Å². The van der Waals surface area contributed by atoms with Crippen molar-refractivity contribution in [1.29, 1.82) is 0 Å². The molecule has 1 N–H and O–H groups in total. The van der Waals surface area contributed by atoms with Gasteiger partial charge in [0.05, 0.1) is 0 Å². The van der Waals surface area contributed by atoms with Crippen LogP contribution < -0.4 is 0 Å². The minimum absolute atomic E-state index is 0.162. The zero-order valence-corrected chi connectivity index (χ0v) is 17.7. The maximum Gasteiger partial charge on any atom is 0.333 e. The van der Waals surface area contributed by atoms with Crippen molar-refractivity contribution >= 4 is 5.97 Å². The molecule has 0 aromatic heterocycles. The van der Waals surface area contributed by atoms with Crippen molar-refractivity contribution in [1.82, 2.24) is 0 Å². The number of aliphatic hydroxyl groups excluding tert-OH is 1. The second kappa shape index (κ2) is 10.0. The minimum Gasteiger partial charge on any atom is -0.457 e. The number of benzene rings is 3. The Balaban J connectivity index is 1.91. The second-order valence-corrected chi connectivity index (χ2v) is 7.41. The van der Waals surface area contributed by atoms with E-state index in [2.05, 4.69) is 62.0 Å². The number of rotatable bonds is 8. The molecule has 0 aliphatic carbocycles. The van der Waals surface area contributed by atoms with Gasteiger partial charge in [0.15, 0.2) is 0 Å². The first kappa shape index (κ1) is 21.5. The molecule has 0 unspecified atom stereocenters. The number of carbonyl (C=O) groups excluding carboxylic acids is 1. The molecule has 0 aliphatic rings. The van der Waals surface area contributed by atoms with Crippen molar-refractivity contribution in [2.24, 2.45) is 0 Å². The summed E-state index contributed by atoms with van der Waals surface area (Å²) in [5, 5.41) is 9.11. The maximum absolute atomic E-state index is 11.8. The Bertz CT molecular complexity index is 1030. The van der Waals surface area contributed by atoms with Gasteiger partial charge in [-0.15, -0.1) is 0 Å². The summed E-state index contributed by atoms with van der Waals surface area (Å²) in [5.74, 6) is -0.376. The first-order valence-corrected chi connectivity index (χ1v) is 10.3. The Labute approximate surface area is 178 Å². The van der Waals surface area contributed by atoms with Gasteiger partial charge in [-0.05, 0) is 58.7 Å². The van der Waals surface area contributed by atoms with Crippen LogP contribution in [0.15, 0.2) is 78.9 Å². The smallest absolute Gasteiger partial charge is 0.333 e. The van der Waals surface area contributed by atoms with Crippen LogP contribution in [0.5, 0.6) is 0 Å². The molecule has 154 valence electrons. The number of aryl methyl sites for hydroxylation is 1. The number of hydrogen-bond acceptors (Lipinski definition) is 3. The molecule has 0 atom stereocenters. The van der Waals surface area contributed by atoms with Crippen LogP contribution in [0.25, 0.3) is 22.3 Å². The molecule has 3 nitrogen and oxygen atoms in total. The molecular weight excluding hydrogens is 372 g/mol. The number of hydrogen-bond donors (Lipinski definition) is 1. The fourth-order valence-corrected chi connectivity index (χ4v) is 3.51. The minimum atomic E-state index is -0.376. The van der Waals surface area contributed by atoms with Crippen molar-refractivity contribution < 1.29 is 14.6 Å². The molecule has 0 bridgehead atoms. The summed E-state index contributed by atoms with van der Waals surface area (Å²) in [6.45, 7) is 7.83. The predicted molar refractivity (Wildman–Crippen MR) is 122 cm³/mol. The van der Waals surface area contributed by atoms with Gasteiger partial charge in [-0.2, -0.15) is 0 Å². The van der Waals surface area contributed by atoms with E-state index in [-0.39, 0.29) is 19.2 Å². The summed E-state index contributed by atoms with van der Waals surface area (Å²) in [7, 11) is 0. The number of aliphatic hydroxyl groups is 1. The van der Waals surface area contributed by atoms with Gasteiger partial charge in [0, 0.05) is 12.2 Å². The highest BCUT2D eigenvalue weighted by molar-refractivity contribution is 5.87. The Morgan fingerprint density at radius 3 is 2.27 bits per heavy atom. The number of esters is 1.